The molecule has 0 saturated carbocycles. The van der Waals surface area contributed by atoms with Crippen molar-refractivity contribution >= 4 is 12.1 Å². The summed E-state index contributed by atoms with van der Waals surface area (Å²) in [6.07, 6.45) is -1.44. The van der Waals surface area contributed by atoms with Gasteiger partial charge in [0.25, 0.3) is 0 Å². The highest BCUT2D eigenvalue weighted by Crippen LogP contribution is 2.06. The number of hydrogen-bond donors (Lipinski definition) is 3. The van der Waals surface area contributed by atoms with E-state index in [9.17, 15) is 14.7 Å². The number of carboxylic acid groups (broad SMARTS) is 1. The molecule has 0 spiro atoms. The maximum atomic E-state index is 11.4. The van der Waals surface area contributed by atoms with Crippen molar-refractivity contribution < 1.29 is 38.7 Å². The summed E-state index contributed by atoms with van der Waals surface area (Å²) in [7, 11) is 0. The fourth-order valence-corrected chi connectivity index (χ4v) is 1.29. The van der Waals surface area contributed by atoms with Crippen molar-refractivity contribution in [2.24, 2.45) is 0 Å². The van der Waals surface area contributed by atoms with Crippen LogP contribution in [0.1, 0.15) is 20.8 Å². The number of hydrogen-bond acceptors (Lipinski definition) is 7. The lowest BCUT2D eigenvalue weighted by Crippen LogP contribution is -2.38. The van der Waals surface area contributed by atoms with E-state index < -0.39 is 23.8 Å². The van der Waals surface area contributed by atoms with Crippen LogP contribution in [-0.4, -0.2) is 80.2 Å². The molecule has 3 N–H and O–H groups in total. The minimum atomic E-state index is -1.03. The highest BCUT2D eigenvalue weighted by molar-refractivity contribution is 5.68. The van der Waals surface area contributed by atoms with E-state index in [0.717, 1.165) is 0 Å². The number of carbonyl (C=O) groups excluding carboxylic acids is 1. The zero-order valence-electron chi connectivity index (χ0n) is 13.9. The molecule has 0 saturated heterocycles. The normalized spacial score (nSPS) is 12.7. The maximum Gasteiger partial charge on any atom is 0.407 e. The maximum absolute atomic E-state index is 11.4. The number of aliphatic hydroxyl groups excluding tert-OH is 1. The molecule has 0 aliphatic carbocycles. The van der Waals surface area contributed by atoms with E-state index in [1.165, 1.54) is 0 Å². The van der Waals surface area contributed by atoms with E-state index in [1.54, 1.807) is 20.8 Å². The minimum absolute atomic E-state index is 0.0266. The summed E-state index contributed by atoms with van der Waals surface area (Å²) in [6.45, 7) is 5.99. The highest BCUT2D eigenvalue weighted by Gasteiger charge is 2.16. The van der Waals surface area contributed by atoms with Gasteiger partial charge in [-0.15, -0.1) is 0 Å². The molecule has 1 atom stereocenters. The average molecular weight is 337 g/mol. The van der Waals surface area contributed by atoms with Gasteiger partial charge in [-0.05, 0) is 20.8 Å². The lowest BCUT2D eigenvalue weighted by Gasteiger charge is -2.20. The monoisotopic (exact) mass is 337 g/mol. The standard InChI is InChI=1S/C14H27NO8/c1-14(2,3)23-13(19)15-8-11(16)9-21-6-4-20-5-7-22-10-12(17)18/h11,16H,4-10H2,1-3H3,(H,15,19)(H,17,18). The van der Waals surface area contributed by atoms with Gasteiger partial charge in [-0.25, -0.2) is 9.59 Å². The summed E-state index contributed by atoms with van der Waals surface area (Å²) in [6, 6.07) is 0. The molecule has 9 heteroatoms. The third kappa shape index (κ3) is 16.8. The minimum Gasteiger partial charge on any atom is -0.480 e. The Labute approximate surface area is 135 Å². The number of alkyl carbamates (subject to hydrolysis) is 1. The van der Waals surface area contributed by atoms with E-state index in [1.807, 2.05) is 0 Å². The Morgan fingerprint density at radius 1 is 1.04 bits per heavy atom. The zero-order chi connectivity index (χ0) is 17.7. The van der Waals surface area contributed by atoms with E-state index in [2.05, 4.69) is 5.32 Å². The predicted molar refractivity (Wildman–Crippen MR) is 80.3 cm³/mol. The SMILES string of the molecule is CC(C)(C)OC(=O)NCC(O)COCCOCCOCC(=O)O. The number of carbonyl (C=O) groups is 2. The van der Waals surface area contributed by atoms with Gasteiger partial charge in [0, 0.05) is 6.54 Å². The molecular weight excluding hydrogens is 310 g/mol. The molecule has 0 aromatic carbocycles. The van der Waals surface area contributed by atoms with Crippen LogP contribution < -0.4 is 5.32 Å². The molecule has 0 bridgehead atoms. The summed E-state index contributed by atoms with van der Waals surface area (Å²) in [5.74, 6) is -1.03. The second kappa shape index (κ2) is 12.1. The molecule has 23 heavy (non-hydrogen) atoms. The number of nitrogens with one attached hydrogen (secondary N) is 1. The van der Waals surface area contributed by atoms with Crippen LogP contribution in [0.5, 0.6) is 0 Å². The first-order chi connectivity index (χ1) is 10.7. The first kappa shape index (κ1) is 21.6. The van der Waals surface area contributed by atoms with E-state index >= 15 is 0 Å². The first-order valence-electron chi connectivity index (χ1n) is 7.30. The van der Waals surface area contributed by atoms with E-state index in [4.69, 9.17) is 24.1 Å². The number of amides is 1. The Morgan fingerprint density at radius 2 is 1.61 bits per heavy atom. The molecule has 1 unspecified atom stereocenters. The Morgan fingerprint density at radius 3 is 2.17 bits per heavy atom. The van der Waals surface area contributed by atoms with Gasteiger partial charge in [-0.3, -0.25) is 0 Å². The van der Waals surface area contributed by atoms with Crippen molar-refractivity contribution in [2.45, 2.75) is 32.5 Å². The van der Waals surface area contributed by atoms with Crippen LogP contribution in [-0.2, 0) is 23.7 Å². The highest BCUT2D eigenvalue weighted by atomic mass is 16.6. The van der Waals surface area contributed by atoms with Crippen LogP contribution in [0.2, 0.25) is 0 Å². The lowest BCUT2D eigenvalue weighted by atomic mass is 10.2. The van der Waals surface area contributed by atoms with Crippen LogP contribution >= 0.6 is 0 Å². The Balaban J connectivity index is 3.41. The van der Waals surface area contributed by atoms with Crippen LogP contribution in [0.15, 0.2) is 0 Å². The summed E-state index contributed by atoms with van der Waals surface area (Å²) in [5, 5.41) is 20.4. The van der Waals surface area contributed by atoms with Crippen molar-refractivity contribution in [3.05, 3.63) is 0 Å². The summed E-state index contributed by atoms with van der Waals surface area (Å²) in [4.78, 5) is 21.5. The Bertz CT molecular complexity index is 342. The predicted octanol–water partition coefficient (Wildman–Crippen LogP) is 0.00640. The summed E-state index contributed by atoms with van der Waals surface area (Å²) < 4.78 is 20.1. The number of aliphatic carboxylic acids is 1. The second-order valence-electron chi connectivity index (χ2n) is 5.67. The summed E-state index contributed by atoms with van der Waals surface area (Å²) in [5.41, 5.74) is -0.586. The number of carboxylic acids is 1. The van der Waals surface area contributed by atoms with Gasteiger partial charge in [0.2, 0.25) is 0 Å². The molecule has 0 heterocycles. The van der Waals surface area contributed by atoms with Crippen molar-refractivity contribution in [2.75, 3.05) is 46.2 Å². The third-order valence-corrected chi connectivity index (χ3v) is 2.16. The van der Waals surface area contributed by atoms with Crippen molar-refractivity contribution in [1.29, 1.82) is 0 Å². The zero-order valence-corrected chi connectivity index (χ0v) is 13.9. The number of rotatable bonds is 12. The van der Waals surface area contributed by atoms with Gasteiger partial charge in [0.15, 0.2) is 0 Å². The quantitative estimate of drug-likeness (QED) is 0.425. The van der Waals surface area contributed by atoms with E-state index in [-0.39, 0.29) is 39.6 Å². The molecule has 9 nitrogen and oxygen atoms in total. The molecule has 0 fully saturated rings. The number of aliphatic hydroxyl groups is 1. The van der Waals surface area contributed by atoms with E-state index in [0.29, 0.717) is 6.61 Å². The van der Waals surface area contributed by atoms with Gasteiger partial charge in [-0.1, -0.05) is 0 Å². The lowest BCUT2D eigenvalue weighted by molar-refractivity contribution is -0.142. The fourth-order valence-electron chi connectivity index (χ4n) is 1.29. The molecule has 0 aromatic rings. The average Bonchev–Trinajstić information content (AvgIpc) is 2.41. The van der Waals surface area contributed by atoms with Crippen LogP contribution in [0.25, 0.3) is 0 Å². The van der Waals surface area contributed by atoms with Gasteiger partial charge < -0.3 is 34.5 Å². The third-order valence-electron chi connectivity index (χ3n) is 2.16. The molecule has 0 aromatic heterocycles. The topological polar surface area (TPSA) is 124 Å². The van der Waals surface area contributed by atoms with Gasteiger partial charge in [0.1, 0.15) is 12.2 Å². The summed E-state index contributed by atoms with van der Waals surface area (Å²) >= 11 is 0. The Hall–Kier alpha value is -1.42. The molecule has 0 radical (unpaired) electrons. The van der Waals surface area contributed by atoms with Gasteiger partial charge >= 0.3 is 12.1 Å². The van der Waals surface area contributed by atoms with Crippen molar-refractivity contribution in [3.63, 3.8) is 0 Å². The van der Waals surface area contributed by atoms with Gasteiger partial charge in [0.05, 0.1) is 39.1 Å². The van der Waals surface area contributed by atoms with Crippen LogP contribution in [0.4, 0.5) is 4.79 Å². The van der Waals surface area contributed by atoms with Crippen LogP contribution in [0.3, 0.4) is 0 Å². The molecule has 0 aliphatic rings. The molecule has 0 aliphatic heterocycles. The first-order valence-corrected chi connectivity index (χ1v) is 7.30. The smallest absolute Gasteiger partial charge is 0.407 e. The molecule has 0 rings (SSSR count). The fraction of sp³-hybridized carbons (Fsp3) is 0.857. The molecule has 136 valence electrons. The Kier molecular flexibility index (Phi) is 11.3. The largest absolute Gasteiger partial charge is 0.480 e. The number of ether oxygens (including phenoxy) is 4. The van der Waals surface area contributed by atoms with Crippen molar-refractivity contribution in [3.8, 4) is 0 Å². The molecule has 1 amide bonds. The van der Waals surface area contributed by atoms with Crippen molar-refractivity contribution in [1.82, 2.24) is 5.32 Å². The second-order valence-corrected chi connectivity index (χ2v) is 5.67. The van der Waals surface area contributed by atoms with Crippen LogP contribution in [0, 0.1) is 0 Å². The molecular formula is C14H27NO8. The van der Waals surface area contributed by atoms with Gasteiger partial charge in [-0.2, -0.15) is 0 Å².